The molecular formula is C38H52N2O9S. The summed E-state index contributed by atoms with van der Waals surface area (Å²) < 4.78 is 64.7. The molecule has 0 unspecified atom stereocenters. The molecule has 274 valence electrons. The highest BCUT2D eigenvalue weighted by atomic mass is 32.2. The zero-order valence-electron chi connectivity index (χ0n) is 29.7. The second-order valence-corrected chi connectivity index (χ2v) is 14.9. The van der Waals surface area contributed by atoms with Crippen LogP contribution in [0.25, 0.3) is 0 Å². The molecule has 50 heavy (non-hydrogen) atoms. The van der Waals surface area contributed by atoms with Gasteiger partial charge in [-0.25, -0.2) is 8.42 Å². The summed E-state index contributed by atoms with van der Waals surface area (Å²) in [7, 11) is -0.521. The molecule has 1 saturated heterocycles. The molecule has 12 heteroatoms. The van der Waals surface area contributed by atoms with Crippen LogP contribution in [0.1, 0.15) is 41.5 Å². The maximum Gasteiger partial charge on any atom is 0.243 e. The molecular weight excluding hydrogens is 660 g/mol. The van der Waals surface area contributed by atoms with Crippen LogP contribution in [-0.4, -0.2) is 110 Å². The minimum absolute atomic E-state index is 0.0570. The largest absolute Gasteiger partial charge is 0.490 e. The van der Waals surface area contributed by atoms with E-state index in [-0.39, 0.29) is 37.1 Å². The fraction of sp³-hybridized carbons (Fsp3) is 0.526. The van der Waals surface area contributed by atoms with Crippen molar-refractivity contribution in [3.8, 4) is 5.75 Å². The number of hydrogen-bond acceptors (Lipinski definition) is 10. The molecule has 11 nitrogen and oxygen atoms in total. The maximum absolute atomic E-state index is 14.1. The predicted molar refractivity (Wildman–Crippen MR) is 191 cm³/mol. The number of hydrogen-bond donors (Lipinski definition) is 1. The van der Waals surface area contributed by atoms with Crippen LogP contribution in [0.4, 0.5) is 5.69 Å². The zero-order chi connectivity index (χ0) is 35.5. The minimum Gasteiger partial charge on any atom is -0.490 e. The highest BCUT2D eigenvalue weighted by Gasteiger charge is 2.43. The molecule has 2 heterocycles. The zero-order valence-corrected chi connectivity index (χ0v) is 30.5. The highest BCUT2D eigenvalue weighted by molar-refractivity contribution is 7.89. The van der Waals surface area contributed by atoms with Crippen LogP contribution in [0, 0.1) is 6.92 Å². The molecule has 3 aromatic rings. The van der Waals surface area contributed by atoms with Crippen LogP contribution < -0.4 is 9.64 Å². The van der Waals surface area contributed by atoms with E-state index in [0.29, 0.717) is 33.0 Å². The van der Waals surface area contributed by atoms with Crippen molar-refractivity contribution in [1.29, 1.82) is 0 Å². The molecule has 1 fully saturated rings. The predicted octanol–water partition coefficient (Wildman–Crippen LogP) is 4.53. The van der Waals surface area contributed by atoms with Gasteiger partial charge in [0.05, 0.1) is 68.5 Å². The number of fused-ring (bicyclic) bond motifs is 1. The summed E-state index contributed by atoms with van der Waals surface area (Å²) in [5.41, 5.74) is 4.91. The summed E-state index contributed by atoms with van der Waals surface area (Å²) in [6.07, 6.45) is -0.967. The SMILES string of the molecule is COCCCN1CCOc2ccc(CO[C@H]3CN(S(=O)(=O)c4ccc(C)cc4)C[C@@H](OC[C@H](C)O)[C@@H]3c3ccc(COCCOC)cc3)cc21. The first-order chi connectivity index (χ1) is 24.2. The number of aliphatic hydroxyl groups excluding tert-OH is 1. The van der Waals surface area contributed by atoms with Gasteiger partial charge in [0.2, 0.25) is 10.0 Å². The molecule has 5 rings (SSSR count). The number of rotatable bonds is 18. The molecule has 0 aliphatic carbocycles. The second kappa shape index (κ2) is 18.4. The molecule has 0 radical (unpaired) electrons. The number of sulfonamides is 1. The van der Waals surface area contributed by atoms with Crippen LogP contribution in [0.15, 0.2) is 71.6 Å². The van der Waals surface area contributed by atoms with E-state index < -0.39 is 28.3 Å². The van der Waals surface area contributed by atoms with E-state index in [4.69, 9.17) is 28.4 Å². The van der Waals surface area contributed by atoms with Crippen molar-refractivity contribution in [3.05, 3.63) is 89.0 Å². The number of benzene rings is 3. The molecule has 0 saturated carbocycles. The third kappa shape index (κ3) is 10.0. The van der Waals surface area contributed by atoms with Gasteiger partial charge in [0.15, 0.2) is 0 Å². The Hall–Kier alpha value is -3.07. The van der Waals surface area contributed by atoms with Gasteiger partial charge in [-0.15, -0.1) is 0 Å². The standard InChI is InChI=1S/C38H52N2O9S/c1-28-6-13-33(14-7-28)50(42,43)40-23-36(48-25-29(2)41)38(32-11-8-30(9-12-32)26-46-21-20-45-4)37(24-40)49-27-31-10-15-35-34(22-31)39(17-19-47-35)16-5-18-44-3/h6-15,22,29,36-38,41H,5,16-21,23-27H2,1-4H3/t29-,36+,37-,38-/m0/s1. The Balaban J connectivity index is 1.44. The van der Waals surface area contributed by atoms with Crippen molar-refractivity contribution in [1.82, 2.24) is 4.31 Å². The summed E-state index contributed by atoms with van der Waals surface area (Å²) in [5, 5.41) is 10.2. The average molecular weight is 713 g/mol. The number of ether oxygens (including phenoxy) is 6. The van der Waals surface area contributed by atoms with Crippen molar-refractivity contribution in [2.45, 2.75) is 62.6 Å². The molecule has 0 bridgehead atoms. The number of aliphatic hydroxyl groups is 1. The Morgan fingerprint density at radius 3 is 2.28 bits per heavy atom. The first-order valence-corrected chi connectivity index (χ1v) is 18.8. The van der Waals surface area contributed by atoms with Crippen molar-refractivity contribution >= 4 is 15.7 Å². The molecule has 0 amide bonds. The maximum atomic E-state index is 14.1. The smallest absolute Gasteiger partial charge is 0.243 e. The van der Waals surface area contributed by atoms with E-state index in [1.54, 1.807) is 45.4 Å². The van der Waals surface area contributed by atoms with Crippen LogP contribution in [0.2, 0.25) is 0 Å². The number of aryl methyl sites for hydroxylation is 1. The van der Waals surface area contributed by atoms with E-state index in [1.807, 2.05) is 43.3 Å². The van der Waals surface area contributed by atoms with E-state index in [9.17, 15) is 13.5 Å². The quantitative estimate of drug-likeness (QED) is 0.189. The van der Waals surface area contributed by atoms with Crippen LogP contribution in [0.5, 0.6) is 5.75 Å². The van der Waals surface area contributed by atoms with Gasteiger partial charge in [0.25, 0.3) is 0 Å². The molecule has 2 aliphatic heterocycles. The van der Waals surface area contributed by atoms with Gasteiger partial charge in [0.1, 0.15) is 12.4 Å². The van der Waals surface area contributed by atoms with E-state index >= 15 is 0 Å². The highest BCUT2D eigenvalue weighted by Crippen LogP contribution is 2.37. The molecule has 0 spiro atoms. The normalized spacial score (nSPS) is 20.3. The fourth-order valence-corrected chi connectivity index (χ4v) is 7.88. The molecule has 2 aliphatic rings. The Kier molecular flexibility index (Phi) is 14.1. The Labute approximate surface area is 297 Å². The molecule has 1 N–H and O–H groups in total. The minimum atomic E-state index is -3.87. The average Bonchev–Trinajstić information content (AvgIpc) is 3.12. The van der Waals surface area contributed by atoms with Gasteiger partial charge >= 0.3 is 0 Å². The molecule has 4 atom stereocenters. The lowest BCUT2D eigenvalue weighted by Crippen LogP contribution is -2.54. The fourth-order valence-electron chi connectivity index (χ4n) is 6.41. The number of anilines is 1. The first kappa shape index (κ1) is 38.2. The topological polar surface area (TPSA) is 116 Å². The van der Waals surface area contributed by atoms with Crippen LogP contribution >= 0.6 is 0 Å². The van der Waals surface area contributed by atoms with Gasteiger partial charge in [-0.3, -0.25) is 0 Å². The van der Waals surface area contributed by atoms with Crippen molar-refractivity contribution in [2.24, 2.45) is 0 Å². The van der Waals surface area contributed by atoms with E-state index in [0.717, 1.165) is 53.2 Å². The van der Waals surface area contributed by atoms with Gasteiger partial charge in [0, 0.05) is 46.4 Å². The lowest BCUT2D eigenvalue weighted by molar-refractivity contribution is -0.0916. The van der Waals surface area contributed by atoms with E-state index in [2.05, 4.69) is 11.0 Å². The lowest BCUT2D eigenvalue weighted by Gasteiger charge is -2.43. The monoisotopic (exact) mass is 712 g/mol. The van der Waals surface area contributed by atoms with Crippen LogP contribution in [0.3, 0.4) is 0 Å². The molecule has 0 aromatic heterocycles. The Morgan fingerprint density at radius 2 is 1.58 bits per heavy atom. The third-order valence-corrected chi connectivity index (χ3v) is 10.9. The van der Waals surface area contributed by atoms with Crippen molar-refractivity contribution in [2.75, 3.05) is 78.3 Å². The summed E-state index contributed by atoms with van der Waals surface area (Å²) in [6.45, 7) is 8.54. The number of piperidine rings is 1. The summed E-state index contributed by atoms with van der Waals surface area (Å²) in [5.74, 6) is 0.523. The molecule has 3 aromatic carbocycles. The van der Waals surface area contributed by atoms with Gasteiger partial charge in [-0.1, -0.05) is 48.0 Å². The Bertz CT molecular complexity index is 1580. The Morgan fingerprint density at radius 1 is 0.880 bits per heavy atom. The second-order valence-electron chi connectivity index (χ2n) is 13.0. The summed E-state index contributed by atoms with van der Waals surface area (Å²) in [6, 6.07) is 21.0. The summed E-state index contributed by atoms with van der Waals surface area (Å²) in [4.78, 5) is 2.52. The van der Waals surface area contributed by atoms with Gasteiger partial charge < -0.3 is 38.4 Å². The van der Waals surface area contributed by atoms with Crippen molar-refractivity contribution in [3.63, 3.8) is 0 Å². The van der Waals surface area contributed by atoms with Crippen molar-refractivity contribution < 1.29 is 41.9 Å². The summed E-state index contributed by atoms with van der Waals surface area (Å²) >= 11 is 0. The van der Waals surface area contributed by atoms with Gasteiger partial charge in [-0.05, 0) is 61.2 Å². The first-order valence-electron chi connectivity index (χ1n) is 17.3. The lowest BCUT2D eigenvalue weighted by atomic mass is 9.85. The third-order valence-electron chi connectivity index (χ3n) is 9.07. The number of nitrogens with zero attached hydrogens (tertiary/aromatic N) is 2. The van der Waals surface area contributed by atoms with Crippen LogP contribution in [-0.2, 0) is 46.9 Å². The number of methoxy groups -OCH3 is 2. The van der Waals surface area contributed by atoms with Gasteiger partial charge in [-0.2, -0.15) is 4.31 Å². The van der Waals surface area contributed by atoms with E-state index in [1.165, 1.54) is 4.31 Å².